The number of nitrogens with zero attached hydrogens (tertiary/aromatic N) is 2. The maximum atomic E-state index is 5.56. The Labute approximate surface area is 87.1 Å². The molecule has 0 unspecified atom stereocenters. The van der Waals surface area contributed by atoms with Crippen LogP contribution < -0.4 is 5.14 Å². The van der Waals surface area contributed by atoms with Crippen LogP contribution in [0.2, 0.25) is 0 Å². The Kier molecular flexibility index (Phi) is 2.56. The fourth-order valence-electron chi connectivity index (χ4n) is 1.28. The molecule has 0 atom stereocenters. The summed E-state index contributed by atoms with van der Waals surface area (Å²) < 4.78 is 1.82. The van der Waals surface area contributed by atoms with Crippen LogP contribution in [-0.4, -0.2) is 9.78 Å². The Morgan fingerprint density at radius 2 is 2.29 bits per heavy atom. The van der Waals surface area contributed by atoms with Gasteiger partial charge in [0.1, 0.15) is 0 Å². The Bertz CT molecular complexity index is 423. The van der Waals surface area contributed by atoms with Gasteiger partial charge in [-0.05, 0) is 42.6 Å². The molecular formula is C10H11N3S. The number of rotatable bonds is 2. The van der Waals surface area contributed by atoms with Crippen molar-refractivity contribution in [2.75, 3.05) is 0 Å². The van der Waals surface area contributed by atoms with Gasteiger partial charge < -0.3 is 0 Å². The molecular weight excluding hydrogens is 194 g/mol. The van der Waals surface area contributed by atoms with Crippen LogP contribution in [0.15, 0.2) is 41.6 Å². The molecule has 0 aliphatic rings. The Balaban J connectivity index is 2.46. The first-order chi connectivity index (χ1) is 6.81. The van der Waals surface area contributed by atoms with Gasteiger partial charge in [-0.15, -0.1) is 0 Å². The van der Waals surface area contributed by atoms with Crippen molar-refractivity contribution in [3.05, 3.63) is 42.2 Å². The van der Waals surface area contributed by atoms with Gasteiger partial charge in [-0.3, -0.25) is 5.14 Å². The van der Waals surface area contributed by atoms with E-state index in [9.17, 15) is 0 Å². The zero-order valence-electron chi connectivity index (χ0n) is 7.84. The third kappa shape index (κ3) is 1.66. The minimum atomic E-state index is 1.04. The standard InChI is InChI=1S/C10H11N3S/c1-8-3-4-9(7-10(8)14-11)13-6-2-5-12-13/h2-7H,11H2,1H3. The normalized spacial score (nSPS) is 10.4. The molecule has 14 heavy (non-hydrogen) atoms. The van der Waals surface area contributed by atoms with Gasteiger partial charge >= 0.3 is 0 Å². The van der Waals surface area contributed by atoms with Crippen molar-refractivity contribution in [1.82, 2.24) is 9.78 Å². The fourth-order valence-corrected chi connectivity index (χ4v) is 1.72. The van der Waals surface area contributed by atoms with Crippen LogP contribution in [0.5, 0.6) is 0 Å². The molecule has 2 rings (SSSR count). The molecule has 4 heteroatoms. The van der Waals surface area contributed by atoms with E-state index in [1.54, 1.807) is 6.20 Å². The third-order valence-electron chi connectivity index (χ3n) is 2.07. The molecule has 1 aromatic carbocycles. The van der Waals surface area contributed by atoms with Gasteiger partial charge in [0, 0.05) is 17.3 Å². The van der Waals surface area contributed by atoms with Crippen molar-refractivity contribution in [2.24, 2.45) is 5.14 Å². The largest absolute Gasteiger partial charge is 0.274 e. The molecule has 2 aromatic rings. The molecule has 0 aliphatic carbocycles. The van der Waals surface area contributed by atoms with E-state index >= 15 is 0 Å². The van der Waals surface area contributed by atoms with Crippen LogP contribution in [0.4, 0.5) is 0 Å². The summed E-state index contributed by atoms with van der Waals surface area (Å²) in [5.74, 6) is 0. The highest BCUT2D eigenvalue weighted by molar-refractivity contribution is 7.97. The number of hydrogen-bond donors (Lipinski definition) is 1. The van der Waals surface area contributed by atoms with Crippen molar-refractivity contribution in [3.8, 4) is 5.69 Å². The van der Waals surface area contributed by atoms with Crippen molar-refractivity contribution >= 4 is 11.9 Å². The van der Waals surface area contributed by atoms with Crippen LogP contribution in [0, 0.1) is 6.92 Å². The van der Waals surface area contributed by atoms with Crippen molar-refractivity contribution in [3.63, 3.8) is 0 Å². The van der Waals surface area contributed by atoms with E-state index < -0.39 is 0 Å². The maximum absolute atomic E-state index is 5.56. The summed E-state index contributed by atoms with van der Waals surface area (Å²) in [6.07, 6.45) is 3.67. The Morgan fingerprint density at radius 3 is 2.93 bits per heavy atom. The Hall–Kier alpha value is -1.26. The predicted molar refractivity (Wildman–Crippen MR) is 58.3 cm³/mol. The maximum Gasteiger partial charge on any atom is 0.0657 e. The second-order valence-corrected chi connectivity index (χ2v) is 3.69. The van der Waals surface area contributed by atoms with Gasteiger partial charge in [0.05, 0.1) is 5.69 Å². The summed E-state index contributed by atoms with van der Waals surface area (Å²) >= 11 is 1.27. The van der Waals surface area contributed by atoms with Crippen molar-refractivity contribution in [1.29, 1.82) is 0 Å². The fraction of sp³-hybridized carbons (Fsp3) is 0.100. The lowest BCUT2D eigenvalue weighted by Crippen LogP contribution is -1.95. The van der Waals surface area contributed by atoms with E-state index in [0.717, 1.165) is 10.6 Å². The average molecular weight is 205 g/mol. The molecule has 0 saturated heterocycles. The minimum absolute atomic E-state index is 1.04. The molecule has 0 bridgehead atoms. The summed E-state index contributed by atoms with van der Waals surface area (Å²) in [5.41, 5.74) is 2.22. The lowest BCUT2D eigenvalue weighted by Gasteiger charge is -2.05. The molecule has 0 aliphatic heterocycles. The Morgan fingerprint density at radius 1 is 1.43 bits per heavy atom. The lowest BCUT2D eigenvalue weighted by molar-refractivity contribution is 0.876. The summed E-state index contributed by atoms with van der Waals surface area (Å²) in [6, 6.07) is 8.01. The van der Waals surface area contributed by atoms with Crippen LogP contribution in [0.3, 0.4) is 0 Å². The van der Waals surface area contributed by atoms with E-state index in [4.69, 9.17) is 5.14 Å². The van der Waals surface area contributed by atoms with E-state index in [1.165, 1.54) is 17.5 Å². The predicted octanol–water partition coefficient (Wildman–Crippen LogP) is 2.15. The van der Waals surface area contributed by atoms with Gasteiger partial charge in [0.2, 0.25) is 0 Å². The van der Waals surface area contributed by atoms with Crippen LogP contribution >= 0.6 is 11.9 Å². The highest BCUT2D eigenvalue weighted by atomic mass is 32.2. The summed E-state index contributed by atoms with van der Waals surface area (Å²) in [7, 11) is 0. The molecule has 2 N–H and O–H groups in total. The second-order valence-electron chi connectivity index (χ2n) is 3.02. The highest BCUT2D eigenvalue weighted by Gasteiger charge is 2.00. The van der Waals surface area contributed by atoms with Gasteiger partial charge in [-0.1, -0.05) is 6.07 Å². The number of aromatic nitrogens is 2. The summed E-state index contributed by atoms with van der Waals surface area (Å²) in [4.78, 5) is 1.08. The topological polar surface area (TPSA) is 43.8 Å². The van der Waals surface area contributed by atoms with E-state index in [-0.39, 0.29) is 0 Å². The number of hydrogen-bond acceptors (Lipinski definition) is 3. The van der Waals surface area contributed by atoms with Gasteiger partial charge in [-0.2, -0.15) is 5.10 Å². The molecule has 0 saturated carbocycles. The highest BCUT2D eigenvalue weighted by Crippen LogP contribution is 2.20. The first-order valence-electron chi connectivity index (χ1n) is 4.28. The summed E-state index contributed by atoms with van der Waals surface area (Å²) in [5, 5.41) is 9.72. The first-order valence-corrected chi connectivity index (χ1v) is 5.16. The SMILES string of the molecule is Cc1ccc(-n2cccn2)cc1SN. The lowest BCUT2D eigenvalue weighted by atomic mass is 10.2. The van der Waals surface area contributed by atoms with Crippen LogP contribution in [0.1, 0.15) is 5.56 Å². The summed E-state index contributed by atoms with van der Waals surface area (Å²) in [6.45, 7) is 2.04. The molecule has 0 fully saturated rings. The number of benzene rings is 1. The number of aryl methyl sites for hydroxylation is 1. The first kappa shape index (κ1) is 9.30. The van der Waals surface area contributed by atoms with Gasteiger partial charge in [0.25, 0.3) is 0 Å². The quantitative estimate of drug-likeness (QED) is 0.764. The minimum Gasteiger partial charge on any atom is -0.274 e. The van der Waals surface area contributed by atoms with Gasteiger partial charge in [-0.25, -0.2) is 4.68 Å². The van der Waals surface area contributed by atoms with Crippen molar-refractivity contribution < 1.29 is 0 Å². The zero-order chi connectivity index (χ0) is 9.97. The molecule has 3 nitrogen and oxygen atoms in total. The molecule has 0 radical (unpaired) electrons. The molecule has 1 heterocycles. The van der Waals surface area contributed by atoms with Gasteiger partial charge in [0.15, 0.2) is 0 Å². The zero-order valence-corrected chi connectivity index (χ0v) is 8.66. The number of nitrogens with two attached hydrogens (primary N) is 1. The monoisotopic (exact) mass is 205 g/mol. The molecule has 0 spiro atoms. The smallest absolute Gasteiger partial charge is 0.0657 e. The van der Waals surface area contributed by atoms with Crippen LogP contribution in [0.25, 0.3) is 5.69 Å². The van der Waals surface area contributed by atoms with E-state index in [2.05, 4.69) is 5.10 Å². The van der Waals surface area contributed by atoms with E-state index in [1.807, 2.05) is 42.1 Å². The molecule has 1 aromatic heterocycles. The van der Waals surface area contributed by atoms with E-state index in [0.29, 0.717) is 0 Å². The van der Waals surface area contributed by atoms with Crippen LogP contribution in [-0.2, 0) is 0 Å². The van der Waals surface area contributed by atoms with Crippen molar-refractivity contribution in [2.45, 2.75) is 11.8 Å². The molecule has 72 valence electrons. The second kappa shape index (κ2) is 3.86. The average Bonchev–Trinajstić information content (AvgIpc) is 2.71. The third-order valence-corrected chi connectivity index (χ3v) is 2.76. The molecule has 0 amide bonds.